The Labute approximate surface area is 860 Å². The zero-order chi connectivity index (χ0) is 110. The first-order valence-corrected chi connectivity index (χ1v) is 48.0. The van der Waals surface area contributed by atoms with Crippen LogP contribution in [-0.2, 0) is 248 Å². The first-order chi connectivity index (χ1) is 71.3. The minimum Gasteiger partial charge on any atom is -0.480 e. The fourth-order valence-electron chi connectivity index (χ4n) is 16.2. The minimum atomic E-state index is -1.37. The van der Waals surface area contributed by atoms with Crippen molar-refractivity contribution in [1.82, 2.24) is 91.0 Å². The van der Waals surface area contributed by atoms with E-state index in [2.05, 4.69) is 62.5 Å². The van der Waals surface area contributed by atoms with Crippen molar-refractivity contribution in [2.75, 3.05) is 112 Å². The van der Waals surface area contributed by atoms with Crippen molar-refractivity contribution >= 4 is 101 Å². The van der Waals surface area contributed by atoms with Crippen molar-refractivity contribution in [2.45, 2.75) is 311 Å². The molecule has 836 valence electrons. The summed E-state index contributed by atoms with van der Waals surface area (Å²) in [5.74, 6) is -12.7. The maximum atomic E-state index is 13.9. The smallest absolute Gasteiger partial charge is 0.320 e. The highest BCUT2D eigenvalue weighted by atomic mass is 16.8. The quantitative estimate of drug-likeness (QED) is 0.0160. The van der Waals surface area contributed by atoms with Gasteiger partial charge in [-0.15, -0.1) is 20.4 Å². The summed E-state index contributed by atoms with van der Waals surface area (Å²) in [5, 5.41) is 56.9. The lowest BCUT2D eigenvalue weighted by Crippen LogP contribution is -2.66. The second kappa shape index (κ2) is 62.6. The van der Waals surface area contributed by atoms with Crippen LogP contribution in [0.2, 0.25) is 0 Å². The Morgan fingerprint density at radius 2 is 0.533 bits per heavy atom. The van der Waals surface area contributed by atoms with Gasteiger partial charge in [0, 0.05) is 162 Å². The van der Waals surface area contributed by atoms with Crippen LogP contribution in [0, 0.1) is 0 Å². The number of amides is 4. The molecule has 0 aliphatic carbocycles. The number of nitrogens with zero attached hydrogens (tertiary/aromatic N) is 14. The van der Waals surface area contributed by atoms with Crippen LogP contribution < -0.4 is 21.3 Å². The van der Waals surface area contributed by atoms with Gasteiger partial charge in [-0.05, 0) is 19.4 Å². The zero-order valence-corrected chi connectivity index (χ0v) is 86.2. The number of aromatic nitrogens is 12. The monoisotopic (exact) mass is 2140 g/mol. The van der Waals surface area contributed by atoms with Gasteiger partial charge in [-0.2, -0.15) is 0 Å². The predicted molar refractivity (Wildman–Crippen MR) is 492 cm³/mol. The molecule has 4 saturated heterocycles. The first kappa shape index (κ1) is 122. The molecule has 60 heteroatoms. The van der Waals surface area contributed by atoms with Crippen molar-refractivity contribution in [3.8, 4) is 0 Å². The highest BCUT2D eigenvalue weighted by molar-refractivity contribution is 5.77. The number of hydrogen-bond donors (Lipinski definition) is 5. The molecule has 0 spiro atoms. The van der Waals surface area contributed by atoms with Crippen molar-refractivity contribution in [1.29, 1.82) is 0 Å². The Balaban J connectivity index is 0.979. The number of unbranched alkanes of at least 4 members (excludes halogenated alkanes) is 1. The minimum absolute atomic E-state index is 0.00572. The van der Waals surface area contributed by atoms with Gasteiger partial charge in [-0.3, -0.25) is 91.3 Å². The van der Waals surface area contributed by atoms with E-state index >= 15 is 0 Å². The van der Waals surface area contributed by atoms with E-state index in [1.165, 1.54) is 46.4 Å². The highest BCUT2D eigenvalue weighted by Gasteiger charge is 2.56. The molecule has 0 bridgehead atoms. The van der Waals surface area contributed by atoms with Crippen molar-refractivity contribution in [3.63, 3.8) is 0 Å². The van der Waals surface area contributed by atoms with Gasteiger partial charge in [-0.1, -0.05) is 27.3 Å². The van der Waals surface area contributed by atoms with Crippen LogP contribution in [0.3, 0.4) is 0 Å². The normalized spacial score (nSPS) is 23.7. The lowest BCUT2D eigenvalue weighted by Gasteiger charge is -2.44. The van der Waals surface area contributed by atoms with Crippen LogP contribution in [0.1, 0.15) is 153 Å². The lowest BCUT2D eigenvalue weighted by atomic mass is 9.96. The summed E-state index contributed by atoms with van der Waals surface area (Å²) in [6.07, 6.45) is -13.9. The molecule has 0 aromatic carbocycles. The summed E-state index contributed by atoms with van der Waals surface area (Å²) in [4.78, 5) is 215. The number of carbonyl (C=O) groups is 17. The van der Waals surface area contributed by atoms with E-state index in [9.17, 15) is 86.6 Å². The molecular formula is C90H134N18O42. The van der Waals surface area contributed by atoms with Gasteiger partial charge in [-0.25, -0.2) is 18.7 Å². The van der Waals surface area contributed by atoms with Gasteiger partial charge < -0.3 is 140 Å². The first-order valence-electron chi connectivity index (χ1n) is 48.0. The summed E-state index contributed by atoms with van der Waals surface area (Å²) >= 11 is 0. The van der Waals surface area contributed by atoms with E-state index in [1.54, 1.807) is 29.7 Å². The molecule has 4 aromatic rings. The van der Waals surface area contributed by atoms with Crippen molar-refractivity contribution < 1.29 is 200 Å². The van der Waals surface area contributed by atoms with E-state index in [0.29, 0.717) is 35.7 Å². The summed E-state index contributed by atoms with van der Waals surface area (Å²) < 4.78 is 143. The number of carbonyl (C=O) groups excluding carboxylic acids is 16. The standard InChI is InChI=1S/C90H134N18O42/c1-49(109)91-74-82(143-61(13)121)78(139-57(9)117)70(45-135-53(5)113)147-87(74)131-33-29-127-25-21-105-41-65(95-99-105)37-103(38-66-42-106(100-96-66)22-26-128-30-34-132-88-75(92-50(2)110)83(144-62(14)122)79(140-58(10)118)71(148-88)46-136-54(6)114)20-18-17-19-69(86(125)126)104(39-67-43-107(101-97-67)23-27-129-31-35-133-89-76(93-51(3)111)84(145-63(15)123)80(141-59(11)119)72(149-89)47-137-55(7)115)40-68-44-108(102-98-68)24-28-130-32-36-134-90-77(94-52(4)112)85(146-64(16)124)81(142-60(12)120)73(150-90)48-138-56(8)116/h41-44,69-85,87-90H,17-40,45-48H2,1-16H3,(H,91,109)(H,92,110)(H,93,111)(H,94,112)(H,125,126)/t69-,70+,71+,72+,73+,74-,75-,76-,77-,78-,79-,80-,81-,82+,83+,84+,85+,87+,88+,89+,90+/m0/s1. The Morgan fingerprint density at radius 1 is 0.307 bits per heavy atom. The van der Waals surface area contributed by atoms with Crippen LogP contribution >= 0.6 is 0 Å². The number of esters is 12. The fraction of sp³-hybridized carbons (Fsp3) is 0.722. The van der Waals surface area contributed by atoms with Crippen LogP contribution in [0.4, 0.5) is 0 Å². The largest absolute Gasteiger partial charge is 0.480 e. The van der Waals surface area contributed by atoms with Gasteiger partial charge in [0.15, 0.2) is 74.0 Å². The molecule has 8 heterocycles. The predicted octanol–water partition coefficient (Wildman–Crippen LogP) is -3.86. The molecule has 0 saturated carbocycles. The maximum Gasteiger partial charge on any atom is 0.320 e. The Kier molecular flexibility index (Phi) is 51.0. The molecule has 4 aliphatic rings. The number of nitrogens with one attached hydrogen (secondary N) is 4. The number of aliphatic carboxylic acids is 1. The van der Waals surface area contributed by atoms with Gasteiger partial charge >= 0.3 is 77.6 Å². The topological polar surface area (TPSA) is 709 Å². The highest BCUT2D eigenvalue weighted by Crippen LogP contribution is 2.34. The van der Waals surface area contributed by atoms with E-state index in [-0.39, 0.29) is 144 Å². The Hall–Kier alpha value is -13.0. The zero-order valence-electron chi connectivity index (χ0n) is 86.2. The van der Waals surface area contributed by atoms with Gasteiger partial charge in [0.25, 0.3) is 0 Å². The van der Waals surface area contributed by atoms with Crippen LogP contribution in [-0.4, -0.2) is 417 Å². The number of rotatable bonds is 63. The van der Waals surface area contributed by atoms with Crippen LogP contribution in [0.5, 0.6) is 0 Å². The molecule has 4 fully saturated rings. The molecule has 5 N–H and O–H groups in total. The number of carboxylic acid groups (broad SMARTS) is 1. The third-order valence-electron chi connectivity index (χ3n) is 22.0. The van der Waals surface area contributed by atoms with Gasteiger partial charge in [0.1, 0.15) is 81.1 Å². The third kappa shape index (κ3) is 42.8. The molecule has 60 nitrogen and oxygen atoms in total. The number of hydrogen-bond acceptors (Lipinski definition) is 51. The summed E-state index contributed by atoms with van der Waals surface area (Å²) in [5.41, 5.74) is 1.61. The summed E-state index contributed by atoms with van der Waals surface area (Å²) in [7, 11) is 0. The van der Waals surface area contributed by atoms with E-state index in [0.717, 1.165) is 83.1 Å². The van der Waals surface area contributed by atoms with Gasteiger partial charge in [0.2, 0.25) is 23.6 Å². The molecule has 4 aliphatic heterocycles. The lowest BCUT2D eigenvalue weighted by molar-refractivity contribution is -0.279. The summed E-state index contributed by atoms with van der Waals surface area (Å²) in [6, 6.07) is -6.16. The average molecular weight is 2140 g/mol. The molecule has 21 atom stereocenters. The van der Waals surface area contributed by atoms with E-state index < -0.39 is 256 Å². The second-order valence-electron chi connectivity index (χ2n) is 34.7. The molecule has 0 unspecified atom stereocenters. The third-order valence-corrected chi connectivity index (χ3v) is 22.0. The SMILES string of the molecule is CC(=O)N[C@@H]1[C@H](OCCOCCn2cc(CN(CCCC[C@@H](C(=O)O)N(Cc3cn(CCOCCO[C@@H]4O[C@H](COC(C)=O)[C@H](OC(C)=O)[C@H](OC(C)=O)[C@@H]4NC(C)=O)nn3)Cc3cn(CCOCCO[C@@H]4O[C@H](COC(C)=O)[C@H](OC(C)=O)[C@H](OC(C)=O)[C@@H]4NC(C)=O)nn3)Cc3cn(CCOCCO[C@@H]4O[C@H](COC(C)=O)[C@H](OC(C)=O)[C@H](OC(C)=O)[C@@H]4NC(C)=O)nn3)nn2)O[C@H](COC(C)=O)[C@H](OC(C)=O)[C@@H]1OC(C)=O. The molecular weight excluding hydrogens is 2010 g/mol. The second-order valence-corrected chi connectivity index (χ2v) is 34.7. The molecule has 150 heavy (non-hydrogen) atoms. The van der Waals surface area contributed by atoms with E-state index in [1.807, 2.05) is 4.90 Å². The molecule has 0 radical (unpaired) electrons. The van der Waals surface area contributed by atoms with Crippen molar-refractivity contribution in [2.24, 2.45) is 0 Å². The average Bonchev–Trinajstić information content (AvgIpc) is 0.909. The van der Waals surface area contributed by atoms with Crippen LogP contribution in [0.25, 0.3) is 0 Å². The summed E-state index contributed by atoms with van der Waals surface area (Å²) in [6.45, 7) is 16.4. The van der Waals surface area contributed by atoms with Crippen molar-refractivity contribution in [3.05, 3.63) is 47.6 Å². The number of carboxylic acids is 1. The molecule has 4 amide bonds. The van der Waals surface area contributed by atoms with Gasteiger partial charge in [0.05, 0.1) is 128 Å². The molecule has 8 rings (SSSR count). The van der Waals surface area contributed by atoms with Crippen LogP contribution in [0.15, 0.2) is 24.8 Å². The molecule has 4 aromatic heterocycles. The van der Waals surface area contributed by atoms with E-state index in [4.69, 9.17) is 114 Å². The maximum absolute atomic E-state index is 13.9. The Morgan fingerprint density at radius 3 is 0.747 bits per heavy atom. The fourth-order valence-corrected chi connectivity index (χ4v) is 16.2. The number of ether oxygens (including phenoxy) is 24. The Bertz CT molecular complexity index is 4790.